The Kier molecular flexibility index (Phi) is 3.08. The van der Waals surface area contributed by atoms with Crippen LogP contribution in [0.1, 0.15) is 25.7 Å². The first-order valence-corrected chi connectivity index (χ1v) is 8.15. The zero-order valence-corrected chi connectivity index (χ0v) is 13.0. The number of carbonyl (C=O) groups excluding carboxylic acids is 3. The molecule has 1 aromatic carbocycles. The molecule has 3 fully saturated rings. The topological polar surface area (TPSA) is 63.7 Å². The number of amides is 2. The number of ether oxygens (including phenoxy) is 1. The number of para-hydroxylation sites is 1. The van der Waals surface area contributed by atoms with Gasteiger partial charge in [0.25, 0.3) is 0 Å². The van der Waals surface area contributed by atoms with Gasteiger partial charge in [0.2, 0.25) is 11.8 Å². The Bertz CT molecular complexity index is 672. The largest absolute Gasteiger partial charge is 0.468 e. The molecule has 3 atom stereocenters. The van der Waals surface area contributed by atoms with Gasteiger partial charge < -0.3 is 4.74 Å². The second kappa shape index (κ2) is 4.91. The van der Waals surface area contributed by atoms with Crippen molar-refractivity contribution in [2.45, 2.75) is 25.7 Å². The van der Waals surface area contributed by atoms with E-state index in [1.54, 1.807) is 24.3 Å². The summed E-state index contributed by atoms with van der Waals surface area (Å²) in [6, 6.07) is 8.87. The van der Waals surface area contributed by atoms with E-state index < -0.39 is 23.2 Å². The first kappa shape index (κ1) is 14.4. The van der Waals surface area contributed by atoms with E-state index in [1.807, 2.05) is 6.07 Å². The number of hydrogen-bond acceptors (Lipinski definition) is 4. The molecule has 1 heterocycles. The Balaban J connectivity index is 1.80. The Morgan fingerprint density at radius 3 is 2.30 bits per heavy atom. The lowest BCUT2D eigenvalue weighted by Crippen LogP contribution is -2.32. The summed E-state index contributed by atoms with van der Waals surface area (Å²) in [5.74, 6) is -1.90. The quantitative estimate of drug-likeness (QED) is 0.477. The van der Waals surface area contributed by atoms with Crippen LogP contribution in [-0.2, 0) is 19.1 Å². The molecule has 3 unspecified atom stereocenters. The third-order valence-corrected chi connectivity index (χ3v) is 5.85. The van der Waals surface area contributed by atoms with Crippen molar-refractivity contribution in [3.05, 3.63) is 30.3 Å². The van der Waals surface area contributed by atoms with Crippen LogP contribution in [0.2, 0.25) is 0 Å². The van der Waals surface area contributed by atoms with Crippen LogP contribution in [0.5, 0.6) is 0 Å². The van der Waals surface area contributed by atoms with Crippen molar-refractivity contribution in [3.63, 3.8) is 0 Å². The van der Waals surface area contributed by atoms with Crippen molar-refractivity contribution in [2.24, 2.45) is 23.2 Å². The van der Waals surface area contributed by atoms with E-state index in [2.05, 4.69) is 0 Å². The van der Waals surface area contributed by atoms with Crippen LogP contribution < -0.4 is 4.90 Å². The number of esters is 1. The maximum Gasteiger partial charge on any atom is 0.319 e. The van der Waals surface area contributed by atoms with Crippen LogP contribution >= 0.6 is 0 Å². The van der Waals surface area contributed by atoms with Crippen LogP contribution in [0.25, 0.3) is 0 Å². The molecule has 1 aliphatic heterocycles. The minimum Gasteiger partial charge on any atom is -0.468 e. The van der Waals surface area contributed by atoms with Gasteiger partial charge in [0.1, 0.15) is 0 Å². The predicted molar refractivity (Wildman–Crippen MR) is 82.3 cm³/mol. The van der Waals surface area contributed by atoms with Crippen molar-refractivity contribution >= 4 is 23.5 Å². The molecule has 23 heavy (non-hydrogen) atoms. The maximum atomic E-state index is 13.2. The molecular weight excluding hydrogens is 294 g/mol. The van der Waals surface area contributed by atoms with Crippen molar-refractivity contribution in [3.8, 4) is 0 Å². The average molecular weight is 313 g/mol. The second-order valence-corrected chi connectivity index (χ2v) is 6.70. The minimum atomic E-state index is -0.978. The fourth-order valence-corrected chi connectivity index (χ4v) is 4.90. The van der Waals surface area contributed by atoms with Crippen molar-refractivity contribution < 1.29 is 19.1 Å². The van der Waals surface area contributed by atoms with Gasteiger partial charge in [-0.15, -0.1) is 0 Å². The summed E-state index contributed by atoms with van der Waals surface area (Å²) in [5, 5.41) is 0. The summed E-state index contributed by atoms with van der Waals surface area (Å²) in [5.41, 5.74) is -0.312. The van der Waals surface area contributed by atoms with Gasteiger partial charge in [-0.1, -0.05) is 31.0 Å². The monoisotopic (exact) mass is 313 g/mol. The molecule has 0 aromatic heterocycles. The van der Waals surface area contributed by atoms with Crippen LogP contribution in [-0.4, -0.2) is 24.9 Å². The van der Waals surface area contributed by atoms with Gasteiger partial charge in [0.05, 0.1) is 18.2 Å². The highest BCUT2D eigenvalue weighted by atomic mass is 16.5. The summed E-state index contributed by atoms with van der Waals surface area (Å²) >= 11 is 0. The maximum absolute atomic E-state index is 13.2. The Morgan fingerprint density at radius 2 is 1.74 bits per heavy atom. The number of rotatable bonds is 2. The van der Waals surface area contributed by atoms with Gasteiger partial charge in [-0.25, -0.2) is 4.90 Å². The normalized spacial score (nSPS) is 35.3. The summed E-state index contributed by atoms with van der Waals surface area (Å²) < 4.78 is 4.88. The number of fused-ring (bicyclic) bond motifs is 3. The molecule has 4 rings (SSSR count). The molecule has 0 radical (unpaired) electrons. The molecule has 5 heteroatoms. The van der Waals surface area contributed by atoms with E-state index in [0.29, 0.717) is 5.69 Å². The lowest BCUT2D eigenvalue weighted by molar-refractivity contribution is -0.152. The Labute approximate surface area is 134 Å². The molecule has 2 saturated carbocycles. The standard InChI is InChI=1S/C18H19NO4/c1-23-16(21)14-15(20)19(11-7-3-2-4-8-11)17(22)18(14)12-9-5-6-10-13(12)18/h2-4,7-8,12-14H,5-6,9-10H2,1H3. The zero-order valence-electron chi connectivity index (χ0n) is 13.0. The van der Waals surface area contributed by atoms with E-state index in [-0.39, 0.29) is 17.7 Å². The van der Waals surface area contributed by atoms with Gasteiger partial charge in [0, 0.05) is 0 Å². The van der Waals surface area contributed by atoms with Crippen LogP contribution in [0, 0.1) is 23.2 Å². The van der Waals surface area contributed by atoms with Gasteiger partial charge >= 0.3 is 5.97 Å². The van der Waals surface area contributed by atoms with Crippen molar-refractivity contribution in [1.29, 1.82) is 0 Å². The predicted octanol–water partition coefficient (Wildman–Crippen LogP) is 2.16. The number of hydrogen-bond donors (Lipinski definition) is 0. The molecule has 1 spiro atoms. The number of imide groups is 1. The van der Waals surface area contributed by atoms with Gasteiger partial charge in [-0.2, -0.15) is 0 Å². The molecule has 5 nitrogen and oxygen atoms in total. The Morgan fingerprint density at radius 1 is 1.13 bits per heavy atom. The SMILES string of the molecule is COC(=O)C1C(=O)N(c2ccccc2)C(=O)C12C1CCCCC12. The van der Waals surface area contributed by atoms with Crippen molar-refractivity contribution in [2.75, 3.05) is 12.0 Å². The lowest BCUT2D eigenvalue weighted by atomic mass is 9.87. The highest BCUT2D eigenvalue weighted by Gasteiger charge is 2.80. The molecule has 0 bridgehead atoms. The minimum absolute atomic E-state index is 0.144. The number of methoxy groups -OCH3 is 1. The fourth-order valence-electron chi connectivity index (χ4n) is 4.90. The number of carbonyl (C=O) groups is 3. The molecule has 3 aliphatic rings. The van der Waals surface area contributed by atoms with E-state index in [0.717, 1.165) is 25.7 Å². The zero-order chi connectivity index (χ0) is 16.2. The molecule has 0 N–H and O–H groups in total. The van der Waals surface area contributed by atoms with Crippen LogP contribution in [0.15, 0.2) is 30.3 Å². The van der Waals surface area contributed by atoms with E-state index in [4.69, 9.17) is 4.74 Å². The summed E-state index contributed by atoms with van der Waals surface area (Å²) in [6.07, 6.45) is 3.95. The van der Waals surface area contributed by atoms with Crippen molar-refractivity contribution in [1.82, 2.24) is 0 Å². The van der Waals surface area contributed by atoms with E-state index in [1.165, 1.54) is 12.0 Å². The van der Waals surface area contributed by atoms with Gasteiger partial charge in [-0.3, -0.25) is 14.4 Å². The molecule has 1 saturated heterocycles. The molecule has 120 valence electrons. The molecular formula is C18H19NO4. The summed E-state index contributed by atoms with van der Waals surface area (Å²) in [6.45, 7) is 0. The number of nitrogens with zero attached hydrogens (tertiary/aromatic N) is 1. The van der Waals surface area contributed by atoms with Gasteiger partial charge in [-0.05, 0) is 36.8 Å². The molecule has 1 aromatic rings. The smallest absolute Gasteiger partial charge is 0.319 e. The first-order valence-electron chi connectivity index (χ1n) is 8.15. The van der Waals surface area contributed by atoms with Crippen LogP contribution in [0.3, 0.4) is 0 Å². The summed E-state index contributed by atoms with van der Waals surface area (Å²) in [7, 11) is 1.28. The van der Waals surface area contributed by atoms with Crippen LogP contribution in [0.4, 0.5) is 5.69 Å². The summed E-state index contributed by atoms with van der Waals surface area (Å²) in [4.78, 5) is 39.6. The number of anilines is 1. The third kappa shape index (κ3) is 1.70. The lowest BCUT2D eigenvalue weighted by Gasteiger charge is -2.14. The van der Waals surface area contributed by atoms with Gasteiger partial charge in [0.15, 0.2) is 5.92 Å². The highest BCUT2D eigenvalue weighted by Crippen LogP contribution is 2.72. The highest BCUT2D eigenvalue weighted by molar-refractivity contribution is 6.30. The number of benzene rings is 1. The fraction of sp³-hybridized carbons (Fsp3) is 0.500. The van der Waals surface area contributed by atoms with E-state index in [9.17, 15) is 14.4 Å². The second-order valence-electron chi connectivity index (χ2n) is 6.70. The molecule has 2 amide bonds. The van der Waals surface area contributed by atoms with E-state index >= 15 is 0 Å². The third-order valence-electron chi connectivity index (χ3n) is 5.85. The average Bonchev–Trinajstić information content (AvgIpc) is 3.18. The molecule has 2 aliphatic carbocycles. The first-order chi connectivity index (χ1) is 11.1. The Hall–Kier alpha value is -2.17.